The van der Waals surface area contributed by atoms with Gasteiger partial charge in [0, 0.05) is 28.2 Å². The van der Waals surface area contributed by atoms with Crippen LogP contribution in [0.1, 0.15) is 0 Å². The SMILES string of the molecule is CN(c1ccc(F)cc1)c1cccc2c1sc1c([Si](C)(C)C)cccc12. The molecule has 0 N–H and O–H groups in total. The Bertz CT molecular complexity index is 1090. The maximum absolute atomic E-state index is 13.3. The van der Waals surface area contributed by atoms with E-state index in [9.17, 15) is 4.39 Å². The van der Waals surface area contributed by atoms with E-state index in [0.29, 0.717) is 0 Å². The maximum atomic E-state index is 13.3. The van der Waals surface area contributed by atoms with Gasteiger partial charge in [0.1, 0.15) is 5.82 Å². The van der Waals surface area contributed by atoms with Crippen molar-refractivity contribution in [3.8, 4) is 0 Å². The van der Waals surface area contributed by atoms with Gasteiger partial charge in [-0.15, -0.1) is 11.3 Å². The van der Waals surface area contributed by atoms with Crippen LogP contribution in [0.2, 0.25) is 19.6 Å². The number of nitrogens with zero attached hydrogens (tertiary/aromatic N) is 1. The second kappa shape index (κ2) is 6.22. The summed E-state index contributed by atoms with van der Waals surface area (Å²) in [5.74, 6) is -0.206. The summed E-state index contributed by atoms with van der Waals surface area (Å²) in [5, 5.41) is 4.17. The largest absolute Gasteiger partial charge is 0.343 e. The fraction of sp³-hybridized carbons (Fsp3) is 0.182. The van der Waals surface area contributed by atoms with E-state index < -0.39 is 8.07 Å². The average Bonchev–Trinajstić information content (AvgIpc) is 2.99. The molecule has 4 heteroatoms. The van der Waals surface area contributed by atoms with Crippen LogP contribution in [0.5, 0.6) is 0 Å². The number of hydrogen-bond donors (Lipinski definition) is 0. The van der Waals surface area contributed by atoms with Crippen molar-refractivity contribution in [2.24, 2.45) is 0 Å². The van der Waals surface area contributed by atoms with Gasteiger partial charge in [0.2, 0.25) is 0 Å². The molecular formula is C22H22FNSSi. The van der Waals surface area contributed by atoms with E-state index in [4.69, 9.17) is 0 Å². The van der Waals surface area contributed by atoms with Crippen molar-refractivity contribution in [3.63, 3.8) is 0 Å². The lowest BCUT2D eigenvalue weighted by molar-refractivity contribution is 0.628. The van der Waals surface area contributed by atoms with Gasteiger partial charge in [-0.25, -0.2) is 4.39 Å². The fourth-order valence-electron chi connectivity index (χ4n) is 3.46. The molecule has 0 fully saturated rings. The number of halogens is 1. The first kappa shape index (κ1) is 17.3. The molecule has 0 saturated heterocycles. The van der Waals surface area contributed by atoms with Gasteiger partial charge in [0.05, 0.1) is 18.5 Å². The lowest BCUT2D eigenvalue weighted by Gasteiger charge is -2.20. The molecule has 0 amide bonds. The van der Waals surface area contributed by atoms with E-state index in [1.165, 1.54) is 37.5 Å². The molecule has 26 heavy (non-hydrogen) atoms. The molecule has 4 aromatic rings. The molecule has 1 heterocycles. The summed E-state index contributed by atoms with van der Waals surface area (Å²) in [7, 11) is 0.627. The number of rotatable bonds is 3. The molecule has 3 aromatic carbocycles. The summed E-state index contributed by atoms with van der Waals surface area (Å²) < 4.78 is 16.0. The van der Waals surface area contributed by atoms with Crippen LogP contribution in [0.3, 0.4) is 0 Å². The Morgan fingerprint density at radius 3 is 2.08 bits per heavy atom. The summed E-state index contributed by atoms with van der Waals surface area (Å²) in [6.07, 6.45) is 0. The minimum Gasteiger partial charge on any atom is -0.343 e. The molecule has 0 unspecified atom stereocenters. The number of benzene rings is 3. The average molecular weight is 380 g/mol. The zero-order valence-corrected chi connectivity index (χ0v) is 17.3. The first-order chi connectivity index (χ1) is 12.4. The predicted molar refractivity (Wildman–Crippen MR) is 117 cm³/mol. The van der Waals surface area contributed by atoms with E-state index in [0.717, 1.165) is 11.4 Å². The van der Waals surface area contributed by atoms with E-state index in [-0.39, 0.29) is 5.82 Å². The van der Waals surface area contributed by atoms with Gasteiger partial charge < -0.3 is 4.90 Å². The molecule has 0 atom stereocenters. The molecule has 132 valence electrons. The molecular weight excluding hydrogens is 357 g/mol. The molecule has 0 saturated carbocycles. The van der Waals surface area contributed by atoms with Crippen LogP contribution < -0.4 is 10.1 Å². The topological polar surface area (TPSA) is 3.24 Å². The number of thiophene rings is 1. The Hall–Kier alpha value is -2.17. The van der Waals surface area contributed by atoms with E-state index >= 15 is 0 Å². The molecule has 4 rings (SSSR count). The summed E-state index contributed by atoms with van der Waals surface area (Å²) in [4.78, 5) is 2.14. The lowest BCUT2D eigenvalue weighted by Crippen LogP contribution is -2.37. The first-order valence-corrected chi connectivity index (χ1v) is 13.1. The quantitative estimate of drug-likeness (QED) is 0.367. The van der Waals surface area contributed by atoms with Gasteiger partial charge in [0.25, 0.3) is 0 Å². The van der Waals surface area contributed by atoms with E-state index in [1.807, 2.05) is 30.5 Å². The lowest BCUT2D eigenvalue weighted by atomic mass is 10.1. The highest BCUT2D eigenvalue weighted by atomic mass is 32.1. The Morgan fingerprint density at radius 2 is 1.42 bits per heavy atom. The van der Waals surface area contributed by atoms with Crippen molar-refractivity contribution in [1.82, 2.24) is 0 Å². The summed E-state index contributed by atoms with van der Waals surface area (Å²) >= 11 is 1.89. The van der Waals surface area contributed by atoms with Gasteiger partial charge in [-0.05, 0) is 35.5 Å². The normalized spacial score (nSPS) is 12.0. The molecule has 0 aliphatic carbocycles. The van der Waals surface area contributed by atoms with Crippen molar-refractivity contribution < 1.29 is 4.39 Å². The molecule has 1 nitrogen and oxygen atoms in total. The standard InChI is InChI=1S/C22H22FNSSi/c1-24(16-13-11-15(23)12-14-16)19-9-5-7-17-18-8-6-10-20(26(2,3)4)22(18)25-21(17)19/h5-14H,1-4H3. The van der Waals surface area contributed by atoms with Crippen LogP contribution >= 0.6 is 11.3 Å². The van der Waals surface area contributed by atoms with Crippen molar-refractivity contribution in [2.45, 2.75) is 19.6 Å². The van der Waals surface area contributed by atoms with Crippen LogP contribution in [0.4, 0.5) is 15.8 Å². The second-order valence-electron chi connectivity index (χ2n) is 7.72. The van der Waals surface area contributed by atoms with Crippen LogP contribution in [0, 0.1) is 5.82 Å². The Balaban J connectivity index is 1.96. The fourth-order valence-corrected chi connectivity index (χ4v) is 7.22. The molecule has 0 aliphatic heterocycles. The first-order valence-electron chi connectivity index (χ1n) is 8.80. The van der Waals surface area contributed by atoms with Gasteiger partial charge >= 0.3 is 0 Å². The molecule has 0 radical (unpaired) electrons. The third-order valence-corrected chi connectivity index (χ3v) is 8.38. The number of anilines is 2. The summed E-state index contributed by atoms with van der Waals surface area (Å²) in [6, 6.07) is 19.9. The highest BCUT2D eigenvalue weighted by Gasteiger charge is 2.22. The third kappa shape index (κ3) is 2.83. The maximum Gasteiger partial charge on any atom is 0.123 e. The highest BCUT2D eigenvalue weighted by molar-refractivity contribution is 7.28. The number of fused-ring (bicyclic) bond motifs is 3. The summed E-state index contributed by atoms with van der Waals surface area (Å²) in [5.41, 5.74) is 2.15. The van der Waals surface area contributed by atoms with Crippen LogP contribution in [0.25, 0.3) is 20.2 Å². The zero-order chi connectivity index (χ0) is 18.5. The van der Waals surface area contributed by atoms with Gasteiger partial charge in [-0.3, -0.25) is 0 Å². The minimum atomic E-state index is -1.42. The molecule has 0 bridgehead atoms. The number of hydrogen-bond acceptors (Lipinski definition) is 2. The highest BCUT2D eigenvalue weighted by Crippen LogP contribution is 2.40. The Morgan fingerprint density at radius 1 is 0.808 bits per heavy atom. The monoisotopic (exact) mass is 379 g/mol. The van der Waals surface area contributed by atoms with Crippen molar-refractivity contribution in [3.05, 3.63) is 66.5 Å². The summed E-state index contributed by atoms with van der Waals surface area (Å²) in [6.45, 7) is 7.20. The van der Waals surface area contributed by atoms with Gasteiger partial charge in [-0.1, -0.05) is 50.0 Å². The van der Waals surface area contributed by atoms with E-state index in [2.05, 4.69) is 60.9 Å². The smallest absolute Gasteiger partial charge is 0.123 e. The van der Waals surface area contributed by atoms with Gasteiger partial charge in [0.15, 0.2) is 0 Å². The molecule has 0 aliphatic rings. The minimum absolute atomic E-state index is 0.206. The zero-order valence-electron chi connectivity index (χ0n) is 15.5. The predicted octanol–water partition coefficient (Wildman–Crippen LogP) is 6.51. The van der Waals surface area contributed by atoms with Crippen LogP contribution in [-0.2, 0) is 0 Å². The van der Waals surface area contributed by atoms with Gasteiger partial charge in [-0.2, -0.15) is 0 Å². The van der Waals surface area contributed by atoms with Crippen LogP contribution in [-0.4, -0.2) is 15.1 Å². The second-order valence-corrected chi connectivity index (χ2v) is 13.8. The van der Waals surface area contributed by atoms with Crippen molar-refractivity contribution >= 4 is 56.1 Å². The third-order valence-electron chi connectivity index (χ3n) is 4.89. The van der Waals surface area contributed by atoms with E-state index in [1.54, 1.807) is 0 Å². The molecule has 1 aromatic heterocycles. The molecule has 0 spiro atoms. The van der Waals surface area contributed by atoms with Crippen molar-refractivity contribution in [1.29, 1.82) is 0 Å². The Labute approximate surface area is 158 Å². The van der Waals surface area contributed by atoms with Crippen LogP contribution in [0.15, 0.2) is 60.7 Å². The Kier molecular flexibility index (Phi) is 4.12. The van der Waals surface area contributed by atoms with Crippen molar-refractivity contribution in [2.75, 3.05) is 11.9 Å².